The number of carbonyl (C=O) groups excluding carboxylic acids is 2. The van der Waals surface area contributed by atoms with E-state index in [1.165, 1.54) is 17.0 Å². The van der Waals surface area contributed by atoms with Gasteiger partial charge in [-0.05, 0) is 56.2 Å². The molecule has 1 heterocycles. The van der Waals surface area contributed by atoms with E-state index >= 15 is 0 Å². The fourth-order valence-corrected chi connectivity index (χ4v) is 6.80. The van der Waals surface area contributed by atoms with Gasteiger partial charge in [-0.2, -0.15) is 8.42 Å². The molecule has 2 aromatic carbocycles. The van der Waals surface area contributed by atoms with Crippen molar-refractivity contribution in [2.24, 2.45) is 4.40 Å². The van der Waals surface area contributed by atoms with Crippen LogP contribution in [0.15, 0.2) is 62.3 Å². The Bertz CT molecular complexity index is 1190. The number of carbonyl (C=O) groups is 2. The van der Waals surface area contributed by atoms with Crippen LogP contribution in [0.3, 0.4) is 0 Å². The molecular weight excluding hydrogens is 538 g/mol. The third-order valence-corrected chi connectivity index (χ3v) is 9.00. The summed E-state index contributed by atoms with van der Waals surface area (Å²) in [4.78, 5) is 27.6. The first kappa shape index (κ1) is 24.9. The summed E-state index contributed by atoms with van der Waals surface area (Å²) in [5.74, 6) is -0.545. The number of rotatable bonds is 6. The molecule has 0 bridgehead atoms. The smallest absolute Gasteiger partial charge is 0.284 e. The number of sulfonamides is 1. The highest BCUT2D eigenvalue weighted by Crippen LogP contribution is 2.36. The Balaban J connectivity index is 1.57. The quantitative estimate of drug-likeness (QED) is 0.527. The van der Waals surface area contributed by atoms with Gasteiger partial charge >= 0.3 is 0 Å². The summed E-state index contributed by atoms with van der Waals surface area (Å²) in [5, 5.41) is 2.26. The van der Waals surface area contributed by atoms with Crippen LogP contribution in [0.4, 0.5) is 5.69 Å². The third-order valence-electron chi connectivity index (χ3n) is 5.92. The predicted molar refractivity (Wildman–Crippen MR) is 138 cm³/mol. The van der Waals surface area contributed by atoms with Crippen molar-refractivity contribution in [3.63, 3.8) is 0 Å². The van der Waals surface area contributed by atoms with E-state index in [0.29, 0.717) is 5.69 Å². The second-order valence-electron chi connectivity index (χ2n) is 8.53. The molecule has 2 amide bonds. The molecule has 1 saturated carbocycles. The Morgan fingerprint density at radius 1 is 1.09 bits per heavy atom. The molecule has 1 saturated heterocycles. The first-order valence-electron chi connectivity index (χ1n) is 11.2. The molecule has 0 unspecified atom stereocenters. The average Bonchev–Trinajstić information content (AvgIpc) is 3.10. The maximum Gasteiger partial charge on any atom is 0.284 e. The average molecular weight is 565 g/mol. The lowest BCUT2D eigenvalue weighted by molar-refractivity contribution is -0.130. The van der Waals surface area contributed by atoms with Gasteiger partial charge in [-0.1, -0.05) is 64.7 Å². The maximum absolute atomic E-state index is 13.4. The largest absolute Gasteiger partial charge is 0.326 e. The molecule has 0 radical (unpaired) electrons. The topological polar surface area (TPSA) is 95.9 Å². The second kappa shape index (κ2) is 10.6. The van der Waals surface area contributed by atoms with Crippen LogP contribution in [0, 0.1) is 6.92 Å². The number of halogens is 1. The number of thioether (sulfide) groups is 1. The van der Waals surface area contributed by atoms with Crippen LogP contribution < -0.4 is 5.32 Å². The molecule has 1 aliphatic heterocycles. The summed E-state index contributed by atoms with van der Waals surface area (Å²) < 4.78 is 30.8. The van der Waals surface area contributed by atoms with Crippen LogP contribution in [-0.2, 0) is 19.6 Å². The number of hydrogen-bond acceptors (Lipinski definition) is 5. The van der Waals surface area contributed by atoms with Crippen LogP contribution in [0.25, 0.3) is 0 Å². The number of amidine groups is 1. The van der Waals surface area contributed by atoms with Crippen LogP contribution in [0.2, 0.25) is 0 Å². The molecule has 180 valence electrons. The minimum atomic E-state index is -4.01. The minimum Gasteiger partial charge on any atom is -0.326 e. The lowest BCUT2D eigenvalue weighted by atomic mass is 9.94. The van der Waals surface area contributed by atoms with E-state index in [-0.39, 0.29) is 34.3 Å². The monoisotopic (exact) mass is 563 g/mol. The molecule has 2 aromatic rings. The summed E-state index contributed by atoms with van der Waals surface area (Å²) in [5.41, 5.74) is 1.73. The van der Waals surface area contributed by atoms with Crippen molar-refractivity contribution < 1.29 is 18.0 Å². The van der Waals surface area contributed by atoms with Gasteiger partial charge in [0.05, 0.1) is 4.90 Å². The minimum absolute atomic E-state index is 0.0559. The van der Waals surface area contributed by atoms with E-state index < -0.39 is 15.3 Å². The van der Waals surface area contributed by atoms with Gasteiger partial charge in [-0.25, -0.2) is 0 Å². The molecule has 10 heteroatoms. The van der Waals surface area contributed by atoms with Gasteiger partial charge in [0.15, 0.2) is 5.17 Å². The molecule has 2 fully saturated rings. The van der Waals surface area contributed by atoms with Crippen molar-refractivity contribution in [1.82, 2.24) is 4.90 Å². The van der Waals surface area contributed by atoms with Crippen molar-refractivity contribution in [3.8, 4) is 0 Å². The van der Waals surface area contributed by atoms with Gasteiger partial charge in [-0.15, -0.1) is 4.40 Å². The number of hydrogen-bond donors (Lipinski definition) is 1. The Morgan fingerprint density at radius 3 is 2.38 bits per heavy atom. The zero-order valence-corrected chi connectivity index (χ0v) is 22.0. The van der Waals surface area contributed by atoms with Gasteiger partial charge in [0, 0.05) is 22.6 Å². The zero-order valence-electron chi connectivity index (χ0n) is 18.7. The Labute approximate surface area is 212 Å². The highest BCUT2D eigenvalue weighted by Gasteiger charge is 2.43. The van der Waals surface area contributed by atoms with Gasteiger partial charge in [0.1, 0.15) is 5.25 Å². The third kappa shape index (κ3) is 5.90. The Morgan fingerprint density at radius 2 is 1.74 bits per heavy atom. The van der Waals surface area contributed by atoms with Crippen molar-refractivity contribution in [2.75, 3.05) is 5.32 Å². The van der Waals surface area contributed by atoms with E-state index in [4.69, 9.17) is 0 Å². The lowest BCUT2D eigenvalue weighted by Crippen LogP contribution is -2.42. The van der Waals surface area contributed by atoms with Crippen LogP contribution >= 0.6 is 27.7 Å². The van der Waals surface area contributed by atoms with E-state index in [1.54, 1.807) is 12.1 Å². The molecule has 1 N–H and O–H groups in total. The zero-order chi connectivity index (χ0) is 24.3. The lowest BCUT2D eigenvalue weighted by Gasteiger charge is -2.30. The molecule has 7 nitrogen and oxygen atoms in total. The van der Waals surface area contributed by atoms with E-state index in [9.17, 15) is 18.0 Å². The summed E-state index contributed by atoms with van der Waals surface area (Å²) >= 11 is 4.37. The molecular formula is C24H26BrN3O4S2. The summed E-state index contributed by atoms with van der Waals surface area (Å²) in [6, 6.07) is 13.5. The normalized spacial score (nSPS) is 20.6. The molecule has 34 heavy (non-hydrogen) atoms. The van der Waals surface area contributed by atoms with Crippen molar-refractivity contribution in [3.05, 3.63) is 58.6 Å². The van der Waals surface area contributed by atoms with Crippen molar-refractivity contribution in [1.29, 1.82) is 0 Å². The molecule has 1 atom stereocenters. The fourth-order valence-electron chi connectivity index (χ4n) is 4.13. The predicted octanol–water partition coefficient (Wildman–Crippen LogP) is 5.11. The van der Waals surface area contributed by atoms with Crippen LogP contribution in [0.5, 0.6) is 0 Å². The van der Waals surface area contributed by atoms with Gasteiger partial charge in [-0.3, -0.25) is 14.5 Å². The molecule has 1 aliphatic carbocycles. The first-order valence-corrected chi connectivity index (χ1v) is 14.3. The van der Waals surface area contributed by atoms with E-state index in [0.717, 1.165) is 53.9 Å². The number of amides is 2. The maximum atomic E-state index is 13.4. The summed E-state index contributed by atoms with van der Waals surface area (Å²) in [6.07, 6.45) is 4.59. The van der Waals surface area contributed by atoms with Gasteiger partial charge in [0.25, 0.3) is 10.0 Å². The van der Waals surface area contributed by atoms with E-state index in [2.05, 4.69) is 25.6 Å². The Kier molecular flexibility index (Phi) is 7.79. The van der Waals surface area contributed by atoms with Crippen LogP contribution in [-0.4, -0.2) is 41.6 Å². The second-order valence-corrected chi connectivity index (χ2v) is 12.2. The molecule has 0 spiro atoms. The van der Waals surface area contributed by atoms with E-state index in [1.807, 2.05) is 31.2 Å². The number of benzene rings is 2. The number of anilines is 1. The SMILES string of the molecule is Cc1ccc(NC(=O)C[C@@H]2SC(=NS(=O)(=O)c3ccc(Br)cc3)N(C3CCCCC3)C2=O)cc1. The van der Waals surface area contributed by atoms with Gasteiger partial charge in [0.2, 0.25) is 11.8 Å². The van der Waals surface area contributed by atoms with Crippen molar-refractivity contribution in [2.45, 2.75) is 61.6 Å². The van der Waals surface area contributed by atoms with Crippen molar-refractivity contribution >= 4 is 60.4 Å². The number of nitrogens with one attached hydrogen (secondary N) is 1. The molecule has 0 aromatic heterocycles. The number of nitrogens with zero attached hydrogens (tertiary/aromatic N) is 2. The summed E-state index contributed by atoms with van der Waals surface area (Å²) in [7, 11) is -4.01. The van der Waals surface area contributed by atoms with Gasteiger partial charge < -0.3 is 5.32 Å². The Hall–Kier alpha value is -2.17. The molecule has 2 aliphatic rings. The highest BCUT2D eigenvalue weighted by molar-refractivity contribution is 9.10. The fraction of sp³-hybridized carbons (Fsp3) is 0.375. The standard InChI is InChI=1S/C24H26BrN3O4S2/c1-16-7-11-18(12-8-16)26-22(29)15-21-23(30)28(19-5-3-2-4-6-19)24(33-21)27-34(31,32)20-13-9-17(25)10-14-20/h7-14,19,21H,2-6,15H2,1H3,(H,26,29)/t21-/m0/s1. The molecule has 4 rings (SSSR count). The highest BCUT2D eigenvalue weighted by atomic mass is 79.9. The summed E-state index contributed by atoms with van der Waals surface area (Å²) in [6.45, 7) is 1.96. The number of aryl methyl sites for hydroxylation is 1. The first-order chi connectivity index (χ1) is 16.2. The van der Waals surface area contributed by atoms with Crippen LogP contribution in [0.1, 0.15) is 44.1 Å².